The maximum absolute atomic E-state index is 12.2. The third-order valence-electron chi connectivity index (χ3n) is 4.24. The van der Waals surface area contributed by atoms with Crippen molar-refractivity contribution in [3.8, 4) is 0 Å². The molecule has 1 aliphatic rings. The highest BCUT2D eigenvalue weighted by Crippen LogP contribution is 2.27. The first-order valence-electron chi connectivity index (χ1n) is 7.23. The Balaban J connectivity index is 2.13. The molecule has 0 bridgehead atoms. The number of nitrogens with zero attached hydrogens (tertiary/aromatic N) is 1. The van der Waals surface area contributed by atoms with Crippen LogP contribution in [-0.4, -0.2) is 23.8 Å². The summed E-state index contributed by atoms with van der Waals surface area (Å²) in [6.45, 7) is 7.35. The molecule has 0 N–H and O–H groups in total. The molecule has 2 heterocycles. The predicted octanol–water partition coefficient (Wildman–Crippen LogP) is 2.36. The van der Waals surface area contributed by atoms with Gasteiger partial charge in [-0.05, 0) is 56.0 Å². The van der Waals surface area contributed by atoms with E-state index in [1.807, 2.05) is 17.9 Å². The first kappa shape index (κ1) is 14.0. The van der Waals surface area contributed by atoms with Crippen molar-refractivity contribution in [2.75, 3.05) is 13.1 Å². The Hall–Kier alpha value is -1.94. The average molecular weight is 285 g/mol. The molecule has 0 unspecified atom stereocenters. The van der Waals surface area contributed by atoms with E-state index in [0.29, 0.717) is 24.2 Å². The number of Topliss-reactive ketones (excluding diaryl/α,β-unsaturated/α-hetero) is 1. The number of carbonyl (C=O) groups is 1. The maximum Gasteiger partial charge on any atom is 0.341 e. The van der Waals surface area contributed by atoms with E-state index in [1.165, 1.54) is 5.56 Å². The summed E-state index contributed by atoms with van der Waals surface area (Å²) < 4.78 is 5.48. The van der Waals surface area contributed by atoms with Crippen molar-refractivity contribution in [3.05, 3.63) is 44.8 Å². The topological polar surface area (TPSA) is 50.5 Å². The van der Waals surface area contributed by atoms with Crippen molar-refractivity contribution in [3.63, 3.8) is 0 Å². The van der Waals surface area contributed by atoms with E-state index in [1.54, 1.807) is 6.92 Å². The molecule has 3 rings (SSSR count). The number of hydrogen-bond acceptors (Lipinski definition) is 4. The fourth-order valence-corrected chi connectivity index (χ4v) is 3.03. The van der Waals surface area contributed by atoms with Crippen LogP contribution >= 0.6 is 0 Å². The van der Waals surface area contributed by atoms with Gasteiger partial charge in [-0.3, -0.25) is 9.69 Å². The van der Waals surface area contributed by atoms with Gasteiger partial charge in [-0.2, -0.15) is 0 Å². The number of hydrogen-bond donors (Lipinski definition) is 0. The van der Waals surface area contributed by atoms with E-state index < -0.39 is 0 Å². The van der Waals surface area contributed by atoms with E-state index in [4.69, 9.17) is 4.42 Å². The minimum atomic E-state index is -0.269. The third kappa shape index (κ3) is 2.51. The van der Waals surface area contributed by atoms with Crippen molar-refractivity contribution in [1.29, 1.82) is 0 Å². The Kier molecular flexibility index (Phi) is 3.41. The first-order chi connectivity index (χ1) is 9.95. The van der Waals surface area contributed by atoms with Crippen LogP contribution < -0.4 is 5.63 Å². The minimum Gasteiger partial charge on any atom is -0.422 e. The summed E-state index contributed by atoms with van der Waals surface area (Å²) in [5.74, 6) is 0.120. The van der Waals surface area contributed by atoms with Gasteiger partial charge in [-0.25, -0.2) is 4.79 Å². The zero-order valence-corrected chi connectivity index (χ0v) is 12.7. The van der Waals surface area contributed by atoms with Crippen LogP contribution in [0.15, 0.2) is 21.3 Å². The van der Waals surface area contributed by atoms with Crippen LogP contribution in [0.1, 0.15) is 29.2 Å². The van der Waals surface area contributed by atoms with Gasteiger partial charge >= 0.3 is 5.63 Å². The van der Waals surface area contributed by atoms with Gasteiger partial charge in [0.05, 0.1) is 12.1 Å². The van der Waals surface area contributed by atoms with Crippen molar-refractivity contribution in [2.24, 2.45) is 0 Å². The zero-order chi connectivity index (χ0) is 15.1. The number of rotatable bonds is 2. The molecule has 2 aromatic rings. The second-order valence-corrected chi connectivity index (χ2v) is 5.94. The van der Waals surface area contributed by atoms with Crippen LogP contribution in [0.5, 0.6) is 0 Å². The summed E-state index contributed by atoms with van der Waals surface area (Å²) in [6, 6.07) is 4.04. The average Bonchev–Trinajstić information content (AvgIpc) is 2.41. The van der Waals surface area contributed by atoms with E-state index in [2.05, 4.69) is 13.0 Å². The molecule has 1 aromatic carbocycles. The highest BCUT2D eigenvalue weighted by molar-refractivity contribution is 5.83. The number of carbonyl (C=O) groups excluding carboxylic acids is 1. The van der Waals surface area contributed by atoms with Crippen LogP contribution in [0.2, 0.25) is 0 Å². The van der Waals surface area contributed by atoms with Gasteiger partial charge in [0.15, 0.2) is 0 Å². The lowest BCUT2D eigenvalue weighted by atomic mass is 9.95. The smallest absolute Gasteiger partial charge is 0.341 e. The maximum atomic E-state index is 12.2. The molecule has 0 fully saturated rings. The van der Waals surface area contributed by atoms with Crippen molar-refractivity contribution in [1.82, 2.24) is 4.90 Å². The van der Waals surface area contributed by atoms with Crippen LogP contribution in [0.4, 0.5) is 0 Å². The molecular formula is C17H19NO3. The van der Waals surface area contributed by atoms with E-state index in [0.717, 1.165) is 29.5 Å². The van der Waals surface area contributed by atoms with Crippen LogP contribution in [-0.2, 0) is 17.8 Å². The van der Waals surface area contributed by atoms with Gasteiger partial charge in [0, 0.05) is 18.5 Å². The monoisotopic (exact) mass is 285 g/mol. The molecular weight excluding hydrogens is 266 g/mol. The fourth-order valence-electron chi connectivity index (χ4n) is 3.03. The second kappa shape index (κ2) is 5.11. The largest absolute Gasteiger partial charge is 0.422 e. The van der Waals surface area contributed by atoms with E-state index in [-0.39, 0.29) is 11.4 Å². The quantitative estimate of drug-likeness (QED) is 0.795. The van der Waals surface area contributed by atoms with Gasteiger partial charge in [0.1, 0.15) is 11.4 Å². The summed E-state index contributed by atoms with van der Waals surface area (Å²) in [5.41, 5.74) is 4.52. The molecule has 110 valence electrons. The molecule has 0 saturated heterocycles. The van der Waals surface area contributed by atoms with Crippen LogP contribution in [0.3, 0.4) is 0 Å². The number of fused-ring (bicyclic) bond motifs is 3. The minimum absolute atomic E-state index is 0.120. The molecule has 0 spiro atoms. The Morgan fingerprint density at radius 3 is 2.67 bits per heavy atom. The summed E-state index contributed by atoms with van der Waals surface area (Å²) in [4.78, 5) is 25.5. The summed E-state index contributed by atoms with van der Waals surface area (Å²) >= 11 is 0. The van der Waals surface area contributed by atoms with Crippen molar-refractivity contribution in [2.45, 2.75) is 33.7 Å². The van der Waals surface area contributed by atoms with E-state index >= 15 is 0 Å². The Morgan fingerprint density at radius 2 is 1.95 bits per heavy atom. The van der Waals surface area contributed by atoms with Gasteiger partial charge in [0.2, 0.25) is 0 Å². The third-order valence-corrected chi connectivity index (χ3v) is 4.24. The molecule has 0 aliphatic carbocycles. The van der Waals surface area contributed by atoms with Crippen molar-refractivity contribution >= 4 is 16.8 Å². The van der Waals surface area contributed by atoms with Crippen LogP contribution in [0.25, 0.3) is 11.0 Å². The number of aryl methyl sites for hydroxylation is 2. The zero-order valence-electron chi connectivity index (χ0n) is 12.7. The lowest BCUT2D eigenvalue weighted by Gasteiger charge is -2.27. The number of ketones is 1. The molecule has 0 radical (unpaired) electrons. The molecule has 1 aromatic heterocycles. The summed E-state index contributed by atoms with van der Waals surface area (Å²) in [6.07, 6.45) is 0.785. The molecule has 4 nitrogen and oxygen atoms in total. The second-order valence-electron chi connectivity index (χ2n) is 5.94. The van der Waals surface area contributed by atoms with Crippen LogP contribution in [0, 0.1) is 13.8 Å². The predicted molar refractivity (Wildman–Crippen MR) is 81.6 cm³/mol. The van der Waals surface area contributed by atoms with Gasteiger partial charge in [-0.1, -0.05) is 0 Å². The molecule has 21 heavy (non-hydrogen) atoms. The highest BCUT2D eigenvalue weighted by Gasteiger charge is 2.23. The molecule has 1 aliphatic heterocycles. The summed E-state index contributed by atoms with van der Waals surface area (Å²) in [7, 11) is 0. The molecule has 0 amide bonds. The first-order valence-corrected chi connectivity index (χ1v) is 7.23. The molecule has 0 saturated carbocycles. The lowest BCUT2D eigenvalue weighted by Crippen LogP contribution is -2.36. The molecule has 0 atom stereocenters. The lowest BCUT2D eigenvalue weighted by molar-refractivity contribution is -0.118. The Morgan fingerprint density at radius 1 is 1.24 bits per heavy atom. The SMILES string of the molecule is CC(=O)CN1CCc2c(c(=O)oc3cc(C)c(C)cc23)C1. The van der Waals surface area contributed by atoms with E-state index in [9.17, 15) is 9.59 Å². The Labute approximate surface area is 123 Å². The fraction of sp³-hybridized carbons (Fsp3) is 0.412. The Bertz CT molecular complexity index is 789. The number of benzene rings is 1. The van der Waals surface area contributed by atoms with Gasteiger partial charge in [-0.15, -0.1) is 0 Å². The van der Waals surface area contributed by atoms with Gasteiger partial charge < -0.3 is 4.42 Å². The standard InChI is InChI=1S/C17H19NO3/c1-10-6-14-13-4-5-18(8-12(3)19)9-15(13)17(20)21-16(14)7-11(10)2/h6-7H,4-5,8-9H2,1-3H3. The normalized spacial score (nSPS) is 15.2. The van der Waals surface area contributed by atoms with Crippen molar-refractivity contribution < 1.29 is 9.21 Å². The van der Waals surface area contributed by atoms with Gasteiger partial charge in [0.25, 0.3) is 0 Å². The molecule has 4 heteroatoms. The summed E-state index contributed by atoms with van der Waals surface area (Å²) in [5, 5.41) is 1.04. The highest BCUT2D eigenvalue weighted by atomic mass is 16.4.